The highest BCUT2D eigenvalue weighted by molar-refractivity contribution is 6.01. The Kier molecular flexibility index (Phi) is 6.64. The van der Waals surface area contributed by atoms with Gasteiger partial charge in [-0.15, -0.1) is 0 Å². The van der Waals surface area contributed by atoms with Crippen LogP contribution < -0.4 is 15.5 Å². The second-order valence-corrected chi connectivity index (χ2v) is 8.18. The first kappa shape index (κ1) is 21.1. The van der Waals surface area contributed by atoms with Crippen molar-refractivity contribution in [1.82, 2.24) is 15.6 Å². The number of benzene rings is 1. The van der Waals surface area contributed by atoms with E-state index in [1.165, 1.54) is 6.42 Å². The van der Waals surface area contributed by atoms with Gasteiger partial charge in [0.25, 0.3) is 5.91 Å². The number of hydrogen-bond donors (Lipinski definition) is 2. The van der Waals surface area contributed by atoms with E-state index in [2.05, 4.69) is 20.5 Å². The van der Waals surface area contributed by atoms with Crippen molar-refractivity contribution in [2.24, 2.45) is 0 Å². The average molecular weight is 425 g/mol. The molecule has 2 aromatic rings. The number of aromatic nitrogens is 1. The minimum atomic E-state index is -0.655. The Bertz CT molecular complexity index is 965. The first-order chi connectivity index (χ1) is 15.1. The average Bonchev–Trinajstić information content (AvgIpc) is 3.32. The number of urea groups is 1. The third-order valence-corrected chi connectivity index (χ3v) is 5.86. The molecule has 0 spiro atoms. The predicted octanol–water partition coefficient (Wildman–Crippen LogP) is 3.15. The molecule has 2 aliphatic rings. The molecule has 1 aliphatic heterocycles. The van der Waals surface area contributed by atoms with Gasteiger partial charge >= 0.3 is 12.0 Å². The molecule has 0 atom stereocenters. The second-order valence-electron chi connectivity index (χ2n) is 8.18. The van der Waals surface area contributed by atoms with Gasteiger partial charge in [-0.2, -0.15) is 0 Å². The highest BCUT2D eigenvalue weighted by Gasteiger charge is 2.24. The van der Waals surface area contributed by atoms with Crippen molar-refractivity contribution in [3.8, 4) is 0 Å². The molecule has 4 rings (SSSR count). The molecule has 1 saturated heterocycles. The van der Waals surface area contributed by atoms with Crippen LogP contribution in [0, 0.1) is 0 Å². The zero-order chi connectivity index (χ0) is 21.6. The minimum absolute atomic E-state index is 0.0933. The van der Waals surface area contributed by atoms with Crippen molar-refractivity contribution in [3.05, 3.63) is 35.9 Å². The number of nitrogens with one attached hydrogen (secondary N) is 2. The highest BCUT2D eigenvalue weighted by Crippen LogP contribution is 2.27. The number of hydrogen-bond acceptors (Lipinski definition) is 6. The molecule has 8 heteroatoms. The number of pyridine rings is 1. The summed E-state index contributed by atoms with van der Waals surface area (Å²) in [5, 5.41) is 5.88. The van der Waals surface area contributed by atoms with Crippen molar-refractivity contribution < 1.29 is 19.1 Å². The number of anilines is 1. The van der Waals surface area contributed by atoms with Crippen LogP contribution in [0.15, 0.2) is 30.3 Å². The first-order valence-electron chi connectivity index (χ1n) is 11.0. The summed E-state index contributed by atoms with van der Waals surface area (Å²) < 4.78 is 5.23. The van der Waals surface area contributed by atoms with Gasteiger partial charge in [0.05, 0.1) is 5.52 Å². The van der Waals surface area contributed by atoms with E-state index in [0.717, 1.165) is 62.5 Å². The van der Waals surface area contributed by atoms with E-state index in [1.54, 1.807) is 6.07 Å². The van der Waals surface area contributed by atoms with Gasteiger partial charge in [0.15, 0.2) is 6.61 Å². The summed E-state index contributed by atoms with van der Waals surface area (Å²) in [6.07, 6.45) is 7.27. The number of fused-ring (bicyclic) bond motifs is 1. The molecule has 0 radical (unpaired) electrons. The summed E-state index contributed by atoms with van der Waals surface area (Å²) in [6, 6.07) is 8.88. The lowest BCUT2D eigenvalue weighted by molar-refractivity contribution is -0.123. The number of imide groups is 1. The van der Waals surface area contributed by atoms with E-state index in [9.17, 15) is 14.4 Å². The van der Waals surface area contributed by atoms with E-state index < -0.39 is 24.5 Å². The predicted molar refractivity (Wildman–Crippen MR) is 117 cm³/mol. The monoisotopic (exact) mass is 424 g/mol. The number of carbonyl (C=O) groups is 3. The van der Waals surface area contributed by atoms with Crippen LogP contribution in [0.5, 0.6) is 0 Å². The van der Waals surface area contributed by atoms with Crippen molar-refractivity contribution in [2.75, 3.05) is 24.6 Å². The molecule has 1 aliphatic carbocycles. The van der Waals surface area contributed by atoms with Crippen LogP contribution in [-0.4, -0.2) is 48.6 Å². The maximum absolute atomic E-state index is 12.8. The minimum Gasteiger partial charge on any atom is -0.452 e. The summed E-state index contributed by atoms with van der Waals surface area (Å²) >= 11 is 0. The van der Waals surface area contributed by atoms with Crippen molar-refractivity contribution in [1.29, 1.82) is 0 Å². The molecule has 1 saturated carbocycles. The summed E-state index contributed by atoms with van der Waals surface area (Å²) in [4.78, 5) is 43.7. The summed E-state index contributed by atoms with van der Waals surface area (Å²) in [7, 11) is 0. The number of ether oxygens (including phenoxy) is 1. The van der Waals surface area contributed by atoms with E-state index in [4.69, 9.17) is 4.74 Å². The molecule has 2 fully saturated rings. The third kappa shape index (κ3) is 5.31. The van der Waals surface area contributed by atoms with Gasteiger partial charge in [-0.1, -0.05) is 37.5 Å². The van der Waals surface area contributed by atoms with E-state index >= 15 is 0 Å². The Morgan fingerprint density at radius 2 is 1.77 bits per heavy atom. The smallest absolute Gasteiger partial charge is 0.342 e. The Balaban J connectivity index is 1.39. The summed E-state index contributed by atoms with van der Waals surface area (Å²) in [5.41, 5.74) is 1.14. The van der Waals surface area contributed by atoms with Crippen molar-refractivity contribution in [2.45, 2.75) is 51.0 Å². The standard InChI is InChI=1S/C23H28N4O4/c28-20(26-23(30)24-17-9-2-1-3-10-17)15-31-22(29)18-14-16-8-4-5-11-19(16)25-21(18)27-12-6-7-13-27/h4-5,8,11,14,17H,1-3,6-7,9-10,12-13,15H2,(H2,24,26,28,30). The van der Waals surface area contributed by atoms with Gasteiger partial charge in [-0.05, 0) is 37.8 Å². The van der Waals surface area contributed by atoms with Gasteiger partial charge in [0, 0.05) is 24.5 Å². The topological polar surface area (TPSA) is 101 Å². The van der Waals surface area contributed by atoms with Gasteiger partial charge < -0.3 is 15.0 Å². The van der Waals surface area contributed by atoms with Crippen LogP contribution in [-0.2, 0) is 9.53 Å². The largest absolute Gasteiger partial charge is 0.452 e. The maximum Gasteiger partial charge on any atom is 0.342 e. The fourth-order valence-electron chi connectivity index (χ4n) is 4.27. The normalized spacial score (nSPS) is 16.8. The molecule has 2 heterocycles. The zero-order valence-electron chi connectivity index (χ0n) is 17.6. The number of para-hydroxylation sites is 1. The maximum atomic E-state index is 12.8. The lowest BCUT2D eigenvalue weighted by Crippen LogP contribution is -2.46. The number of esters is 1. The molecule has 0 unspecified atom stereocenters. The lowest BCUT2D eigenvalue weighted by atomic mass is 9.96. The molecule has 1 aromatic carbocycles. The molecule has 2 N–H and O–H groups in total. The van der Waals surface area contributed by atoms with Gasteiger partial charge in [-0.3, -0.25) is 10.1 Å². The number of amides is 3. The Labute approximate surface area is 181 Å². The second kappa shape index (κ2) is 9.76. The number of nitrogens with zero attached hydrogens (tertiary/aromatic N) is 2. The van der Waals surface area contributed by atoms with Crippen LogP contribution >= 0.6 is 0 Å². The van der Waals surface area contributed by atoms with Crippen LogP contribution in [0.2, 0.25) is 0 Å². The zero-order valence-corrected chi connectivity index (χ0v) is 17.6. The molecule has 8 nitrogen and oxygen atoms in total. The lowest BCUT2D eigenvalue weighted by Gasteiger charge is -2.22. The molecule has 164 valence electrons. The summed E-state index contributed by atoms with van der Waals surface area (Å²) in [6.45, 7) is 1.13. The number of rotatable bonds is 5. The molecule has 3 amide bonds. The Morgan fingerprint density at radius 3 is 2.55 bits per heavy atom. The van der Waals surface area contributed by atoms with Gasteiger partial charge in [-0.25, -0.2) is 14.6 Å². The van der Waals surface area contributed by atoms with Gasteiger partial charge in [0.1, 0.15) is 11.4 Å². The quantitative estimate of drug-likeness (QED) is 0.715. The number of carbonyl (C=O) groups excluding carboxylic acids is 3. The van der Waals surface area contributed by atoms with E-state index in [1.807, 2.05) is 24.3 Å². The molecule has 0 bridgehead atoms. The third-order valence-electron chi connectivity index (χ3n) is 5.86. The molecule has 31 heavy (non-hydrogen) atoms. The van der Waals surface area contributed by atoms with Crippen LogP contribution in [0.25, 0.3) is 10.9 Å². The highest BCUT2D eigenvalue weighted by atomic mass is 16.5. The van der Waals surface area contributed by atoms with Gasteiger partial charge in [0.2, 0.25) is 0 Å². The summed E-state index contributed by atoms with van der Waals surface area (Å²) in [5.74, 6) is -0.697. The van der Waals surface area contributed by atoms with Crippen LogP contribution in [0.4, 0.5) is 10.6 Å². The molecule has 1 aromatic heterocycles. The van der Waals surface area contributed by atoms with Crippen molar-refractivity contribution >= 4 is 34.6 Å². The Morgan fingerprint density at radius 1 is 1.03 bits per heavy atom. The fourth-order valence-corrected chi connectivity index (χ4v) is 4.27. The van der Waals surface area contributed by atoms with Crippen LogP contribution in [0.1, 0.15) is 55.3 Å². The van der Waals surface area contributed by atoms with Crippen molar-refractivity contribution in [3.63, 3.8) is 0 Å². The SMILES string of the molecule is O=C(COC(=O)c1cc2ccccc2nc1N1CCCC1)NC(=O)NC1CCCCC1. The first-order valence-corrected chi connectivity index (χ1v) is 11.0. The fraction of sp³-hybridized carbons (Fsp3) is 0.478. The molecular formula is C23H28N4O4. The molecular weight excluding hydrogens is 396 g/mol. The Hall–Kier alpha value is -3.16. The van der Waals surface area contributed by atoms with Crippen LogP contribution in [0.3, 0.4) is 0 Å². The van der Waals surface area contributed by atoms with E-state index in [0.29, 0.717) is 11.4 Å². The van der Waals surface area contributed by atoms with E-state index in [-0.39, 0.29) is 6.04 Å².